The molecule has 0 saturated carbocycles. The van der Waals surface area contributed by atoms with Crippen LogP contribution in [0.1, 0.15) is 51.7 Å². The quantitative estimate of drug-likeness (QED) is 0.191. The lowest BCUT2D eigenvalue weighted by Gasteiger charge is -2.42. The number of rotatable bonds is 2. The van der Waals surface area contributed by atoms with Crippen molar-refractivity contribution >= 4 is 65.6 Å². The third-order valence-electron chi connectivity index (χ3n) is 11.2. The minimum absolute atomic E-state index is 0.129. The molecule has 3 heteroatoms. The average Bonchev–Trinajstić information content (AvgIpc) is 3.72. The van der Waals surface area contributed by atoms with Crippen LogP contribution in [0.3, 0.4) is 0 Å². The first-order valence-corrected chi connectivity index (χ1v) is 16.8. The predicted octanol–water partition coefficient (Wildman–Crippen LogP) is 12.1. The number of hydrogen-bond donors (Lipinski definition) is 0. The van der Waals surface area contributed by atoms with E-state index in [1.165, 1.54) is 73.3 Å². The van der Waals surface area contributed by atoms with E-state index in [-0.39, 0.29) is 10.8 Å². The molecule has 6 aromatic carbocycles. The van der Waals surface area contributed by atoms with Gasteiger partial charge in [-0.25, -0.2) is 0 Å². The highest BCUT2D eigenvalue weighted by Crippen LogP contribution is 2.49. The summed E-state index contributed by atoms with van der Waals surface area (Å²) in [5.74, 6) is 0. The minimum atomic E-state index is 0.129. The number of para-hydroxylation sites is 3. The number of fused-ring (bicyclic) bond motifs is 10. The van der Waals surface area contributed by atoms with Gasteiger partial charge >= 0.3 is 0 Å². The first-order valence-electron chi connectivity index (χ1n) is 16.8. The molecule has 0 saturated heterocycles. The monoisotopic (exact) mass is 608 g/mol. The third-order valence-corrected chi connectivity index (χ3v) is 11.2. The normalized spacial score (nSPS) is 15.8. The molecular formula is C44H36N2O. The van der Waals surface area contributed by atoms with Crippen molar-refractivity contribution in [1.82, 2.24) is 9.13 Å². The first kappa shape index (κ1) is 26.9. The van der Waals surface area contributed by atoms with E-state index in [0.717, 1.165) is 27.6 Å². The Kier molecular flexibility index (Phi) is 5.24. The molecule has 0 unspecified atom stereocenters. The van der Waals surface area contributed by atoms with Crippen molar-refractivity contribution in [2.24, 2.45) is 0 Å². The van der Waals surface area contributed by atoms with Crippen molar-refractivity contribution in [3.8, 4) is 11.4 Å². The van der Waals surface area contributed by atoms with E-state index in [2.05, 4.69) is 152 Å². The van der Waals surface area contributed by atoms with E-state index < -0.39 is 0 Å². The molecule has 10 rings (SSSR count). The second kappa shape index (κ2) is 9.17. The van der Waals surface area contributed by atoms with E-state index in [0.29, 0.717) is 0 Å². The number of aromatic nitrogens is 2. The van der Waals surface area contributed by atoms with Crippen LogP contribution in [-0.4, -0.2) is 9.13 Å². The Morgan fingerprint density at radius 3 is 1.79 bits per heavy atom. The molecule has 3 heterocycles. The maximum atomic E-state index is 6.21. The van der Waals surface area contributed by atoms with Gasteiger partial charge in [0, 0.05) is 43.7 Å². The fourth-order valence-electron chi connectivity index (χ4n) is 8.52. The highest BCUT2D eigenvalue weighted by atomic mass is 16.3. The molecule has 228 valence electrons. The van der Waals surface area contributed by atoms with Crippen LogP contribution in [0.15, 0.2) is 126 Å². The molecule has 47 heavy (non-hydrogen) atoms. The van der Waals surface area contributed by atoms with Gasteiger partial charge < -0.3 is 13.6 Å². The van der Waals surface area contributed by atoms with Crippen LogP contribution in [-0.2, 0) is 10.8 Å². The van der Waals surface area contributed by atoms with Crippen LogP contribution in [0.2, 0.25) is 0 Å². The van der Waals surface area contributed by atoms with Crippen LogP contribution < -0.4 is 0 Å². The molecule has 0 amide bonds. The zero-order valence-electron chi connectivity index (χ0n) is 27.3. The summed E-state index contributed by atoms with van der Waals surface area (Å²) in [6.07, 6.45) is 2.39. The van der Waals surface area contributed by atoms with Crippen molar-refractivity contribution in [1.29, 1.82) is 0 Å². The van der Waals surface area contributed by atoms with Gasteiger partial charge in [0.25, 0.3) is 0 Å². The van der Waals surface area contributed by atoms with E-state index >= 15 is 0 Å². The molecule has 0 aliphatic heterocycles. The molecule has 3 nitrogen and oxygen atoms in total. The van der Waals surface area contributed by atoms with Crippen LogP contribution in [0.4, 0.5) is 0 Å². The Labute approximate surface area is 273 Å². The van der Waals surface area contributed by atoms with Crippen molar-refractivity contribution < 1.29 is 4.42 Å². The molecule has 0 fully saturated rings. The van der Waals surface area contributed by atoms with Crippen LogP contribution in [0.5, 0.6) is 0 Å². The van der Waals surface area contributed by atoms with Gasteiger partial charge in [0.2, 0.25) is 0 Å². The van der Waals surface area contributed by atoms with E-state index in [1.807, 2.05) is 6.07 Å². The molecular weight excluding hydrogens is 572 g/mol. The lowest BCUT2D eigenvalue weighted by Crippen LogP contribution is -2.33. The first-order chi connectivity index (χ1) is 22.8. The van der Waals surface area contributed by atoms with Gasteiger partial charge in [0.15, 0.2) is 0 Å². The number of nitrogens with zero attached hydrogens (tertiary/aromatic N) is 2. The number of benzene rings is 6. The summed E-state index contributed by atoms with van der Waals surface area (Å²) >= 11 is 0. The van der Waals surface area contributed by atoms with Gasteiger partial charge in [0.1, 0.15) is 11.2 Å². The number of furan rings is 1. The Morgan fingerprint density at radius 2 is 1.00 bits per heavy atom. The van der Waals surface area contributed by atoms with Crippen LogP contribution >= 0.6 is 0 Å². The zero-order valence-corrected chi connectivity index (χ0v) is 27.3. The van der Waals surface area contributed by atoms with E-state index in [4.69, 9.17) is 4.42 Å². The lowest BCUT2D eigenvalue weighted by molar-refractivity contribution is 0.332. The maximum absolute atomic E-state index is 6.21. The molecule has 1 aliphatic rings. The topological polar surface area (TPSA) is 23.0 Å². The van der Waals surface area contributed by atoms with Gasteiger partial charge in [-0.2, -0.15) is 0 Å². The Hall–Kier alpha value is -5.28. The third kappa shape index (κ3) is 3.68. The standard InChI is InChI=1S/C44H36N2O/c1-43(2)20-21-44(3,4)36-25-38-33(24-35(36)43)32-23-31-29-14-8-10-16-37(29)46(39(31)26-40(32)45(38)27-12-6-5-7-13-27)28-18-19-42-34(22-28)30-15-9-11-17-41(30)47-42/h5-19,22-26H,20-21H2,1-4H3. The summed E-state index contributed by atoms with van der Waals surface area (Å²) in [5.41, 5.74) is 12.3. The predicted molar refractivity (Wildman–Crippen MR) is 198 cm³/mol. The second-order valence-corrected chi connectivity index (χ2v) is 14.9. The summed E-state index contributed by atoms with van der Waals surface area (Å²) in [6, 6.07) is 44.6. The number of hydrogen-bond acceptors (Lipinski definition) is 1. The molecule has 0 spiro atoms. The Balaban J connectivity index is 1.35. The SMILES string of the molecule is CC1(C)CCC(C)(C)c2cc3c(cc21)c1cc2c4ccccc4n(-c4ccc5oc6ccccc6c5c4)c2cc1n3-c1ccccc1. The van der Waals surface area contributed by atoms with E-state index in [9.17, 15) is 0 Å². The van der Waals surface area contributed by atoms with Crippen LogP contribution in [0, 0.1) is 0 Å². The van der Waals surface area contributed by atoms with E-state index in [1.54, 1.807) is 0 Å². The largest absolute Gasteiger partial charge is 0.456 e. The van der Waals surface area contributed by atoms with Gasteiger partial charge in [-0.05, 0) is 102 Å². The molecule has 0 N–H and O–H groups in total. The molecule has 0 radical (unpaired) electrons. The fourth-order valence-corrected chi connectivity index (χ4v) is 8.52. The van der Waals surface area contributed by atoms with Gasteiger partial charge in [-0.1, -0.05) is 82.3 Å². The smallest absolute Gasteiger partial charge is 0.135 e. The summed E-state index contributed by atoms with van der Waals surface area (Å²) < 4.78 is 11.2. The van der Waals surface area contributed by atoms with Crippen molar-refractivity contribution in [2.75, 3.05) is 0 Å². The summed E-state index contributed by atoms with van der Waals surface area (Å²) in [5, 5.41) is 7.46. The minimum Gasteiger partial charge on any atom is -0.456 e. The van der Waals surface area contributed by atoms with Crippen molar-refractivity contribution in [3.63, 3.8) is 0 Å². The summed E-state index contributed by atoms with van der Waals surface area (Å²) in [4.78, 5) is 0. The lowest BCUT2D eigenvalue weighted by atomic mass is 9.63. The summed E-state index contributed by atoms with van der Waals surface area (Å²) in [7, 11) is 0. The molecule has 0 bridgehead atoms. The fraction of sp³-hybridized carbons (Fsp3) is 0.182. The molecule has 9 aromatic rings. The maximum Gasteiger partial charge on any atom is 0.135 e. The molecule has 1 aliphatic carbocycles. The second-order valence-electron chi connectivity index (χ2n) is 14.9. The molecule has 0 atom stereocenters. The van der Waals surface area contributed by atoms with Gasteiger partial charge in [-0.3, -0.25) is 0 Å². The Bertz CT molecular complexity index is 2730. The summed E-state index contributed by atoms with van der Waals surface area (Å²) in [6.45, 7) is 9.70. The van der Waals surface area contributed by atoms with Gasteiger partial charge in [0.05, 0.1) is 22.1 Å². The van der Waals surface area contributed by atoms with Gasteiger partial charge in [-0.15, -0.1) is 0 Å². The Morgan fingerprint density at radius 1 is 0.426 bits per heavy atom. The molecule has 3 aromatic heterocycles. The highest BCUT2D eigenvalue weighted by molar-refractivity contribution is 6.19. The van der Waals surface area contributed by atoms with Crippen molar-refractivity contribution in [2.45, 2.75) is 51.4 Å². The van der Waals surface area contributed by atoms with Crippen LogP contribution in [0.25, 0.3) is 76.9 Å². The average molecular weight is 609 g/mol. The van der Waals surface area contributed by atoms with Crippen molar-refractivity contribution in [3.05, 3.63) is 132 Å². The zero-order chi connectivity index (χ0) is 31.7. The highest BCUT2D eigenvalue weighted by Gasteiger charge is 2.38.